The summed E-state index contributed by atoms with van der Waals surface area (Å²) in [7, 11) is 0. The molecule has 0 unspecified atom stereocenters. The molecule has 4 heteroatoms. The molecule has 78 valence electrons. The number of imidazole rings is 1. The zero-order valence-electron chi connectivity index (χ0n) is 8.34. The lowest BCUT2D eigenvalue weighted by atomic mass is 10.3. The number of halogens is 1. The maximum Gasteiger partial charge on any atom is 0.137 e. The molecule has 0 aromatic carbocycles. The van der Waals surface area contributed by atoms with Crippen LogP contribution < -0.4 is 0 Å². The van der Waals surface area contributed by atoms with Crippen LogP contribution in [-0.4, -0.2) is 14.4 Å². The van der Waals surface area contributed by atoms with Crippen molar-refractivity contribution < 1.29 is 0 Å². The van der Waals surface area contributed by atoms with Crippen LogP contribution in [0.25, 0.3) is 17.0 Å². The molecule has 0 atom stereocenters. The van der Waals surface area contributed by atoms with E-state index in [1.54, 1.807) is 6.20 Å². The van der Waals surface area contributed by atoms with Gasteiger partial charge in [-0.1, -0.05) is 6.07 Å². The third-order valence-electron chi connectivity index (χ3n) is 2.34. The molecular weight excluding hydrogens is 313 g/mol. The molecule has 0 N–H and O–H groups in total. The number of aromatic nitrogens is 3. The van der Waals surface area contributed by atoms with Gasteiger partial charge in [-0.25, -0.2) is 4.98 Å². The van der Waals surface area contributed by atoms with Gasteiger partial charge in [-0.3, -0.25) is 4.98 Å². The first kappa shape index (κ1) is 9.77. The molecule has 0 fully saturated rings. The molecule has 0 saturated heterocycles. The first-order chi connectivity index (χ1) is 7.83. The quantitative estimate of drug-likeness (QED) is 0.645. The van der Waals surface area contributed by atoms with Gasteiger partial charge in [0.2, 0.25) is 0 Å². The Hall–Kier alpha value is -1.43. The molecule has 0 amide bonds. The number of fused-ring (bicyclic) bond motifs is 1. The summed E-state index contributed by atoms with van der Waals surface area (Å²) in [5.74, 6) is 0. The van der Waals surface area contributed by atoms with Crippen molar-refractivity contribution in [1.29, 1.82) is 0 Å². The van der Waals surface area contributed by atoms with E-state index in [0.717, 1.165) is 17.0 Å². The van der Waals surface area contributed by atoms with Crippen LogP contribution in [-0.2, 0) is 0 Å². The summed E-state index contributed by atoms with van der Waals surface area (Å²) in [5, 5.41) is 0. The molecule has 0 aliphatic rings. The highest BCUT2D eigenvalue weighted by molar-refractivity contribution is 14.1. The summed E-state index contributed by atoms with van der Waals surface area (Å²) in [5.41, 5.74) is 2.75. The Bertz CT molecular complexity index is 631. The monoisotopic (exact) mass is 321 g/mol. The zero-order valence-corrected chi connectivity index (χ0v) is 10.5. The summed E-state index contributed by atoms with van der Waals surface area (Å²) in [4.78, 5) is 8.81. The molecule has 0 aliphatic carbocycles. The normalized spacial score (nSPS) is 10.8. The van der Waals surface area contributed by atoms with Gasteiger partial charge >= 0.3 is 0 Å². The fraction of sp³-hybridized carbons (Fsp3) is 0. The highest BCUT2D eigenvalue weighted by Crippen LogP contribution is 2.17. The predicted molar refractivity (Wildman–Crippen MR) is 71.1 cm³/mol. The van der Waals surface area contributed by atoms with Gasteiger partial charge in [-0.05, 0) is 46.9 Å². The van der Waals surface area contributed by atoms with Crippen molar-refractivity contribution in [3.05, 3.63) is 52.5 Å². The lowest BCUT2D eigenvalue weighted by Gasteiger charge is -1.92. The fourth-order valence-corrected chi connectivity index (χ4v) is 2.08. The van der Waals surface area contributed by atoms with Crippen molar-refractivity contribution in [2.75, 3.05) is 0 Å². The van der Waals surface area contributed by atoms with Crippen LogP contribution in [0.1, 0.15) is 0 Å². The number of rotatable bonds is 1. The Balaban J connectivity index is 2.19. The minimum atomic E-state index is 0.904. The van der Waals surface area contributed by atoms with Gasteiger partial charge in [0, 0.05) is 22.2 Å². The fourth-order valence-electron chi connectivity index (χ4n) is 1.60. The van der Waals surface area contributed by atoms with E-state index in [2.05, 4.69) is 38.8 Å². The van der Waals surface area contributed by atoms with Gasteiger partial charge in [0.05, 0.1) is 5.69 Å². The molecule has 3 nitrogen and oxygen atoms in total. The lowest BCUT2D eigenvalue weighted by Crippen LogP contribution is -1.82. The first-order valence-corrected chi connectivity index (χ1v) is 5.96. The van der Waals surface area contributed by atoms with Crippen LogP contribution in [0.2, 0.25) is 0 Å². The molecule has 0 spiro atoms. The van der Waals surface area contributed by atoms with Crippen LogP contribution in [0.4, 0.5) is 0 Å². The number of pyridine rings is 2. The van der Waals surface area contributed by atoms with Crippen molar-refractivity contribution >= 4 is 28.2 Å². The van der Waals surface area contributed by atoms with E-state index in [0.29, 0.717) is 0 Å². The lowest BCUT2D eigenvalue weighted by molar-refractivity contribution is 1.17. The molecule has 0 radical (unpaired) electrons. The van der Waals surface area contributed by atoms with E-state index in [4.69, 9.17) is 0 Å². The van der Waals surface area contributed by atoms with E-state index in [9.17, 15) is 0 Å². The van der Waals surface area contributed by atoms with Gasteiger partial charge in [0.25, 0.3) is 0 Å². The highest BCUT2D eigenvalue weighted by atomic mass is 127. The molecule has 3 aromatic heterocycles. The maximum absolute atomic E-state index is 4.52. The zero-order chi connectivity index (χ0) is 11.0. The molecular formula is C12H8IN3. The molecule has 16 heavy (non-hydrogen) atoms. The summed E-state index contributed by atoms with van der Waals surface area (Å²) >= 11 is 2.29. The molecule has 0 bridgehead atoms. The minimum absolute atomic E-state index is 0.904. The van der Waals surface area contributed by atoms with E-state index >= 15 is 0 Å². The number of nitrogens with zero attached hydrogens (tertiary/aromatic N) is 3. The Kier molecular flexibility index (Phi) is 2.36. The second-order valence-corrected chi connectivity index (χ2v) is 4.70. The third-order valence-corrected chi connectivity index (χ3v) is 2.98. The summed E-state index contributed by atoms with van der Waals surface area (Å²) in [6, 6.07) is 9.89. The average Bonchev–Trinajstić information content (AvgIpc) is 2.73. The Labute approximate surface area is 106 Å². The van der Waals surface area contributed by atoms with Gasteiger partial charge in [-0.2, -0.15) is 0 Å². The standard InChI is InChI=1S/C12H8IN3/c13-9-4-5-12-15-11(8-16(12)7-9)10-3-1-2-6-14-10/h1-8H. The van der Waals surface area contributed by atoms with Crippen LogP contribution in [0.5, 0.6) is 0 Å². The van der Waals surface area contributed by atoms with Gasteiger partial charge in [-0.15, -0.1) is 0 Å². The Morgan fingerprint density at radius 1 is 1.00 bits per heavy atom. The second-order valence-electron chi connectivity index (χ2n) is 3.45. The van der Waals surface area contributed by atoms with Gasteiger partial charge in [0.15, 0.2) is 0 Å². The van der Waals surface area contributed by atoms with Crippen molar-refractivity contribution in [2.24, 2.45) is 0 Å². The summed E-state index contributed by atoms with van der Waals surface area (Å²) in [6.45, 7) is 0. The number of hydrogen-bond donors (Lipinski definition) is 0. The van der Waals surface area contributed by atoms with E-state index < -0.39 is 0 Å². The Morgan fingerprint density at radius 2 is 1.94 bits per heavy atom. The third kappa shape index (κ3) is 1.69. The average molecular weight is 321 g/mol. The maximum atomic E-state index is 4.52. The Morgan fingerprint density at radius 3 is 2.75 bits per heavy atom. The van der Waals surface area contributed by atoms with Crippen molar-refractivity contribution in [3.63, 3.8) is 0 Å². The van der Waals surface area contributed by atoms with E-state index in [-0.39, 0.29) is 0 Å². The molecule has 3 aromatic rings. The van der Waals surface area contributed by atoms with E-state index in [1.807, 2.05) is 40.9 Å². The minimum Gasteiger partial charge on any atom is -0.305 e. The van der Waals surface area contributed by atoms with Crippen LogP contribution in [0.3, 0.4) is 0 Å². The molecule has 3 rings (SSSR count). The summed E-state index contributed by atoms with van der Waals surface area (Å²) in [6.07, 6.45) is 5.83. The van der Waals surface area contributed by atoms with Crippen molar-refractivity contribution in [1.82, 2.24) is 14.4 Å². The molecule has 3 heterocycles. The molecule has 0 aliphatic heterocycles. The predicted octanol–water partition coefficient (Wildman–Crippen LogP) is 3.00. The van der Waals surface area contributed by atoms with Gasteiger partial charge in [0.1, 0.15) is 11.3 Å². The highest BCUT2D eigenvalue weighted by Gasteiger charge is 2.04. The second kappa shape index (κ2) is 3.86. The van der Waals surface area contributed by atoms with Crippen molar-refractivity contribution in [2.45, 2.75) is 0 Å². The molecule has 0 saturated carbocycles. The first-order valence-electron chi connectivity index (χ1n) is 4.88. The number of hydrogen-bond acceptors (Lipinski definition) is 2. The van der Waals surface area contributed by atoms with Crippen LogP contribution >= 0.6 is 22.6 Å². The van der Waals surface area contributed by atoms with Crippen LogP contribution in [0.15, 0.2) is 48.9 Å². The SMILES string of the molecule is Ic1ccc2nc(-c3ccccn3)cn2c1. The van der Waals surface area contributed by atoms with E-state index in [1.165, 1.54) is 3.57 Å². The van der Waals surface area contributed by atoms with Gasteiger partial charge < -0.3 is 4.40 Å². The topological polar surface area (TPSA) is 30.2 Å². The van der Waals surface area contributed by atoms with Crippen molar-refractivity contribution in [3.8, 4) is 11.4 Å². The smallest absolute Gasteiger partial charge is 0.137 e. The van der Waals surface area contributed by atoms with Crippen LogP contribution in [0, 0.1) is 3.57 Å². The summed E-state index contributed by atoms with van der Waals surface area (Å²) < 4.78 is 3.21. The largest absolute Gasteiger partial charge is 0.305 e.